The van der Waals surface area contributed by atoms with E-state index in [-0.39, 0.29) is 12.5 Å². The Morgan fingerprint density at radius 2 is 2.24 bits per heavy atom. The average Bonchev–Trinajstić information content (AvgIpc) is 2.50. The second-order valence-electron chi connectivity index (χ2n) is 5.41. The zero-order valence-corrected chi connectivity index (χ0v) is 13.3. The number of amides is 1. The monoisotopic (exact) mass is 292 g/mol. The van der Waals surface area contributed by atoms with Gasteiger partial charge < -0.3 is 15.5 Å². The molecule has 2 N–H and O–H groups in total. The molecule has 1 rings (SSSR count). The number of hydrogen-bond acceptors (Lipinski definition) is 2. The van der Waals surface area contributed by atoms with Crippen molar-refractivity contribution in [2.45, 2.75) is 32.1 Å². The van der Waals surface area contributed by atoms with Crippen molar-refractivity contribution in [1.29, 1.82) is 0 Å². The summed E-state index contributed by atoms with van der Waals surface area (Å²) in [6, 6.07) is 0. The highest BCUT2D eigenvalue weighted by Crippen LogP contribution is 2.19. The summed E-state index contributed by atoms with van der Waals surface area (Å²) in [5.41, 5.74) is 1.53. The molecule has 0 fully saturated rings. The van der Waals surface area contributed by atoms with Crippen LogP contribution in [0.4, 0.5) is 0 Å². The SMILES string of the molecule is C=CCNC(=NCC(=O)N(C)C)NCCC1=CCCCC1. The van der Waals surface area contributed by atoms with E-state index in [0.29, 0.717) is 12.5 Å². The molecule has 0 atom stereocenters. The first-order valence-electron chi connectivity index (χ1n) is 7.64. The van der Waals surface area contributed by atoms with Gasteiger partial charge in [0, 0.05) is 27.2 Å². The lowest BCUT2D eigenvalue weighted by Crippen LogP contribution is -2.39. The maximum absolute atomic E-state index is 11.6. The van der Waals surface area contributed by atoms with E-state index in [4.69, 9.17) is 0 Å². The molecule has 0 aromatic carbocycles. The Hall–Kier alpha value is -1.78. The van der Waals surface area contributed by atoms with Crippen molar-refractivity contribution in [3.05, 3.63) is 24.3 Å². The van der Waals surface area contributed by atoms with Crippen molar-refractivity contribution in [1.82, 2.24) is 15.5 Å². The highest BCUT2D eigenvalue weighted by molar-refractivity contribution is 5.84. The van der Waals surface area contributed by atoms with E-state index < -0.39 is 0 Å². The molecule has 1 aliphatic rings. The lowest BCUT2D eigenvalue weighted by Gasteiger charge is -2.15. The van der Waals surface area contributed by atoms with Gasteiger partial charge in [-0.15, -0.1) is 6.58 Å². The van der Waals surface area contributed by atoms with Gasteiger partial charge in [0.2, 0.25) is 5.91 Å². The van der Waals surface area contributed by atoms with Gasteiger partial charge in [0.15, 0.2) is 5.96 Å². The molecule has 0 bridgehead atoms. The van der Waals surface area contributed by atoms with Gasteiger partial charge in [-0.25, -0.2) is 4.99 Å². The molecule has 0 heterocycles. The number of guanidine groups is 1. The number of aliphatic imine (C=N–C) groups is 1. The van der Waals surface area contributed by atoms with Gasteiger partial charge in [0.25, 0.3) is 0 Å². The fourth-order valence-corrected chi connectivity index (χ4v) is 2.10. The van der Waals surface area contributed by atoms with Crippen molar-refractivity contribution in [3.8, 4) is 0 Å². The first kappa shape index (κ1) is 17.3. The molecule has 1 amide bonds. The van der Waals surface area contributed by atoms with E-state index in [1.54, 1.807) is 25.1 Å². The fourth-order valence-electron chi connectivity index (χ4n) is 2.10. The van der Waals surface area contributed by atoms with Crippen LogP contribution in [0.25, 0.3) is 0 Å². The number of nitrogens with zero attached hydrogens (tertiary/aromatic N) is 2. The maximum atomic E-state index is 11.6. The summed E-state index contributed by atoms with van der Waals surface area (Å²) in [5, 5.41) is 6.41. The third-order valence-electron chi connectivity index (χ3n) is 3.41. The van der Waals surface area contributed by atoms with Gasteiger partial charge in [-0.05, 0) is 32.1 Å². The van der Waals surface area contributed by atoms with E-state index in [2.05, 4.69) is 28.3 Å². The normalized spacial score (nSPS) is 15.1. The van der Waals surface area contributed by atoms with Crippen LogP contribution >= 0.6 is 0 Å². The van der Waals surface area contributed by atoms with Gasteiger partial charge in [0.1, 0.15) is 6.54 Å². The van der Waals surface area contributed by atoms with Crippen LogP contribution in [-0.2, 0) is 4.79 Å². The number of nitrogens with one attached hydrogen (secondary N) is 2. The zero-order chi connectivity index (χ0) is 15.5. The first-order valence-corrected chi connectivity index (χ1v) is 7.64. The van der Waals surface area contributed by atoms with E-state index in [1.807, 2.05) is 0 Å². The van der Waals surface area contributed by atoms with Gasteiger partial charge in [-0.2, -0.15) is 0 Å². The van der Waals surface area contributed by atoms with Crippen LogP contribution in [0, 0.1) is 0 Å². The third-order valence-corrected chi connectivity index (χ3v) is 3.41. The predicted octanol–water partition coefficient (Wildman–Crippen LogP) is 1.69. The summed E-state index contributed by atoms with van der Waals surface area (Å²) in [4.78, 5) is 17.4. The molecule has 21 heavy (non-hydrogen) atoms. The Balaban J connectivity index is 2.41. The van der Waals surface area contributed by atoms with Crippen LogP contribution < -0.4 is 10.6 Å². The zero-order valence-electron chi connectivity index (χ0n) is 13.3. The molecule has 0 unspecified atom stereocenters. The van der Waals surface area contributed by atoms with Crippen LogP contribution in [0.5, 0.6) is 0 Å². The number of rotatable bonds is 7. The summed E-state index contributed by atoms with van der Waals surface area (Å²) in [7, 11) is 3.47. The summed E-state index contributed by atoms with van der Waals surface area (Å²) in [5.74, 6) is 0.659. The Kier molecular flexibility index (Phi) is 8.24. The standard InChI is InChI=1S/C16H28N4O/c1-4-11-17-16(19-13-15(21)20(2)3)18-12-10-14-8-6-5-7-9-14/h4,8H,1,5-7,9-13H2,2-3H3,(H2,17,18,19). The Bertz CT molecular complexity index is 399. The lowest BCUT2D eigenvalue weighted by molar-refractivity contribution is -0.127. The Morgan fingerprint density at radius 1 is 1.43 bits per heavy atom. The van der Waals surface area contributed by atoms with Crippen molar-refractivity contribution in [2.24, 2.45) is 4.99 Å². The van der Waals surface area contributed by atoms with Crippen LogP contribution in [0.15, 0.2) is 29.3 Å². The molecule has 0 aromatic rings. The highest BCUT2D eigenvalue weighted by atomic mass is 16.2. The number of allylic oxidation sites excluding steroid dienone is 1. The van der Waals surface area contributed by atoms with Gasteiger partial charge in [-0.3, -0.25) is 4.79 Å². The number of carbonyl (C=O) groups excluding carboxylic acids is 1. The number of carbonyl (C=O) groups is 1. The van der Waals surface area contributed by atoms with Crippen molar-refractivity contribution in [2.75, 3.05) is 33.7 Å². The van der Waals surface area contributed by atoms with E-state index >= 15 is 0 Å². The molecule has 0 aliphatic heterocycles. The average molecular weight is 292 g/mol. The molecule has 5 heteroatoms. The van der Waals surface area contributed by atoms with E-state index in [1.165, 1.54) is 31.3 Å². The highest BCUT2D eigenvalue weighted by Gasteiger charge is 2.06. The van der Waals surface area contributed by atoms with Crippen LogP contribution in [0.2, 0.25) is 0 Å². The summed E-state index contributed by atoms with van der Waals surface area (Å²) >= 11 is 0. The summed E-state index contributed by atoms with van der Waals surface area (Å²) in [6.07, 6.45) is 10.2. The molecular weight excluding hydrogens is 264 g/mol. The largest absolute Gasteiger partial charge is 0.356 e. The quantitative estimate of drug-likeness (QED) is 0.426. The second-order valence-corrected chi connectivity index (χ2v) is 5.41. The molecule has 1 aliphatic carbocycles. The fraction of sp³-hybridized carbons (Fsp3) is 0.625. The molecular formula is C16H28N4O. The Morgan fingerprint density at radius 3 is 2.86 bits per heavy atom. The maximum Gasteiger partial charge on any atom is 0.243 e. The van der Waals surface area contributed by atoms with Gasteiger partial charge in [-0.1, -0.05) is 17.7 Å². The molecule has 0 radical (unpaired) electrons. The minimum Gasteiger partial charge on any atom is -0.356 e. The predicted molar refractivity (Wildman–Crippen MR) is 88.4 cm³/mol. The van der Waals surface area contributed by atoms with Crippen molar-refractivity contribution in [3.63, 3.8) is 0 Å². The molecule has 5 nitrogen and oxygen atoms in total. The number of likely N-dealkylation sites (N-methyl/N-ethyl adjacent to an activating group) is 1. The summed E-state index contributed by atoms with van der Waals surface area (Å²) in [6.45, 7) is 5.30. The number of hydrogen-bond donors (Lipinski definition) is 2. The van der Waals surface area contributed by atoms with Crippen LogP contribution in [0.3, 0.4) is 0 Å². The van der Waals surface area contributed by atoms with Crippen LogP contribution in [-0.4, -0.2) is 50.5 Å². The third kappa shape index (κ3) is 7.54. The molecule has 0 spiro atoms. The first-order chi connectivity index (χ1) is 10.1. The molecule has 0 saturated heterocycles. The minimum absolute atomic E-state index is 0.00954. The molecule has 0 aromatic heterocycles. The van der Waals surface area contributed by atoms with Crippen LogP contribution in [0.1, 0.15) is 32.1 Å². The van der Waals surface area contributed by atoms with E-state index in [9.17, 15) is 4.79 Å². The smallest absolute Gasteiger partial charge is 0.243 e. The minimum atomic E-state index is -0.00954. The van der Waals surface area contributed by atoms with Gasteiger partial charge in [0.05, 0.1) is 0 Å². The molecule has 118 valence electrons. The lowest BCUT2D eigenvalue weighted by atomic mass is 9.97. The summed E-state index contributed by atoms with van der Waals surface area (Å²) < 4.78 is 0. The van der Waals surface area contributed by atoms with Crippen molar-refractivity contribution < 1.29 is 4.79 Å². The topological polar surface area (TPSA) is 56.7 Å². The second kappa shape index (κ2) is 10.0. The van der Waals surface area contributed by atoms with Crippen molar-refractivity contribution >= 4 is 11.9 Å². The van der Waals surface area contributed by atoms with Gasteiger partial charge >= 0.3 is 0 Å². The Labute approximate surface area is 128 Å². The molecule has 0 saturated carbocycles. The van der Waals surface area contributed by atoms with E-state index in [0.717, 1.165) is 13.0 Å².